The molecular weight excluding hydrogens is 976 g/mol. The zero-order valence-corrected chi connectivity index (χ0v) is 41.5. The van der Waals surface area contributed by atoms with Gasteiger partial charge in [-0.15, -0.1) is 0 Å². The van der Waals surface area contributed by atoms with Crippen molar-refractivity contribution < 1.29 is 65.3 Å². The van der Waals surface area contributed by atoms with Crippen molar-refractivity contribution in [3.05, 3.63) is 81.8 Å². The number of thioether (sulfide) groups is 2. The lowest BCUT2D eigenvalue weighted by atomic mass is 9.91. The largest absolute Gasteiger partial charge is 0.404 e. The van der Waals surface area contributed by atoms with Crippen LogP contribution in [-0.2, 0) is 57.4 Å². The van der Waals surface area contributed by atoms with Crippen LogP contribution in [0.15, 0.2) is 59.5 Å². The summed E-state index contributed by atoms with van der Waals surface area (Å²) in [5, 5.41) is 12.6. The molecule has 0 saturated carbocycles. The SMILES string of the molecule is COCCOCC(=O)SCCOP(=O)(OCCSC(=O)COCCOC)C(F)(F)c1ccc2ccc(C(=O)N[C@H]3CCCC[C@H]4CC[C@@H](C(=O)N5C[C@H](c6cc[nH]c(=O)c6)[C@@H](C#N)C5)N4C3=O)cc2c1. The maximum Gasteiger partial charge on any atom is 0.404 e. The van der Waals surface area contributed by atoms with Gasteiger partial charge in [0.25, 0.3) is 5.91 Å². The van der Waals surface area contributed by atoms with E-state index in [4.69, 9.17) is 28.0 Å². The Kier molecular flexibility index (Phi) is 20.5. The lowest BCUT2D eigenvalue weighted by Crippen LogP contribution is -2.56. The van der Waals surface area contributed by atoms with Crippen LogP contribution in [0, 0.1) is 17.2 Å². The van der Waals surface area contributed by atoms with Crippen molar-refractivity contribution in [1.82, 2.24) is 20.1 Å². The number of fused-ring (bicyclic) bond motifs is 2. The van der Waals surface area contributed by atoms with Gasteiger partial charge in [-0.05, 0) is 66.3 Å². The zero-order valence-electron chi connectivity index (χ0n) is 39.0. The molecule has 3 amide bonds. The molecule has 0 spiro atoms. The molecule has 1 aromatic heterocycles. The second-order valence-corrected chi connectivity index (χ2v) is 21.3. The first-order valence-corrected chi connectivity index (χ1v) is 26.5. The molecule has 70 heavy (non-hydrogen) atoms. The molecule has 5 atom stereocenters. The van der Waals surface area contributed by atoms with E-state index < -0.39 is 72.1 Å². The summed E-state index contributed by atoms with van der Waals surface area (Å²) in [5.74, 6) is -2.60. The number of ether oxygens (including phenoxy) is 4. The van der Waals surface area contributed by atoms with Gasteiger partial charge in [0.15, 0.2) is 0 Å². The minimum absolute atomic E-state index is 0.0512. The lowest BCUT2D eigenvalue weighted by molar-refractivity contribution is -0.146. The number of H-pyrrole nitrogens is 1. The summed E-state index contributed by atoms with van der Waals surface area (Å²) in [5.41, 5.74) is -4.62. The topological polar surface area (TPSA) is 233 Å². The Morgan fingerprint density at radius 2 is 1.49 bits per heavy atom. The van der Waals surface area contributed by atoms with Crippen LogP contribution in [0.3, 0.4) is 0 Å². The number of hydrogen-bond acceptors (Lipinski definition) is 16. The molecule has 0 unspecified atom stereocenters. The van der Waals surface area contributed by atoms with Crippen LogP contribution in [0.1, 0.15) is 65.9 Å². The molecule has 4 heterocycles. The lowest BCUT2D eigenvalue weighted by Gasteiger charge is -2.36. The van der Waals surface area contributed by atoms with Crippen LogP contribution < -0.4 is 10.9 Å². The molecule has 0 bridgehead atoms. The predicted octanol–water partition coefficient (Wildman–Crippen LogP) is 5.45. The summed E-state index contributed by atoms with van der Waals surface area (Å²) in [7, 11) is -2.43. The number of carbonyl (C=O) groups is 5. The number of nitriles is 1. The average molecular weight is 1030 g/mol. The molecule has 3 aliphatic heterocycles. The maximum atomic E-state index is 16.6. The Bertz CT molecular complexity index is 2440. The number of methoxy groups -OCH3 is 2. The van der Waals surface area contributed by atoms with E-state index in [2.05, 4.69) is 16.4 Å². The molecule has 18 nitrogen and oxygen atoms in total. The number of benzene rings is 2. The zero-order chi connectivity index (χ0) is 50.3. The molecular formula is C47H58F2N5O13PS2. The van der Waals surface area contributed by atoms with Crippen LogP contribution in [0.25, 0.3) is 10.8 Å². The number of aromatic nitrogens is 1. The Labute approximate surface area is 412 Å². The Morgan fingerprint density at radius 3 is 2.13 bits per heavy atom. The summed E-state index contributed by atoms with van der Waals surface area (Å²) < 4.78 is 78.1. The van der Waals surface area contributed by atoms with E-state index in [0.717, 1.165) is 42.1 Å². The molecule has 23 heteroatoms. The average Bonchev–Trinajstić information content (AvgIpc) is 3.99. The minimum atomic E-state index is -5.38. The van der Waals surface area contributed by atoms with E-state index in [1.807, 2.05) is 0 Å². The van der Waals surface area contributed by atoms with Crippen molar-refractivity contribution in [2.45, 2.75) is 68.2 Å². The number of halogens is 2. The molecule has 6 rings (SSSR count). The Balaban J connectivity index is 1.15. The number of amides is 3. The van der Waals surface area contributed by atoms with E-state index in [0.29, 0.717) is 43.1 Å². The van der Waals surface area contributed by atoms with Crippen molar-refractivity contribution in [3.63, 3.8) is 0 Å². The van der Waals surface area contributed by atoms with Crippen LogP contribution >= 0.6 is 31.1 Å². The van der Waals surface area contributed by atoms with Gasteiger partial charge in [0.2, 0.25) is 27.6 Å². The van der Waals surface area contributed by atoms with Crippen molar-refractivity contribution in [2.75, 3.05) is 91.7 Å². The van der Waals surface area contributed by atoms with Crippen LogP contribution in [-0.4, -0.2) is 153 Å². The highest BCUT2D eigenvalue weighted by atomic mass is 32.2. The summed E-state index contributed by atoms with van der Waals surface area (Å²) in [6, 6.07) is 11.3. The number of hydrogen-bond donors (Lipinski definition) is 2. The number of nitrogens with zero attached hydrogens (tertiary/aromatic N) is 3. The van der Waals surface area contributed by atoms with Gasteiger partial charge in [0.1, 0.15) is 25.3 Å². The van der Waals surface area contributed by atoms with Gasteiger partial charge in [-0.25, -0.2) is 0 Å². The highest BCUT2D eigenvalue weighted by molar-refractivity contribution is 8.14. The molecule has 0 aliphatic carbocycles. The second-order valence-electron chi connectivity index (χ2n) is 16.9. The molecule has 380 valence electrons. The van der Waals surface area contributed by atoms with Crippen molar-refractivity contribution in [3.8, 4) is 6.07 Å². The molecule has 0 radical (unpaired) electrons. The number of pyridine rings is 1. The number of alkyl halides is 2. The standard InChI is InChI=1S/C47H58F2N5O13PS2/c1-62-15-17-64-29-42(56)69-21-19-66-68(61,67-20-22-70-43(57)30-65-18-16-63-2)47(48,49)36-10-9-31-7-8-33(23-34(31)24-36)44(58)52-39-6-4-3-5-37-11-12-40(54(37)45(39)59)46(60)53-27-35(26-50)38(28-53)32-13-14-51-41(55)25-32/h7-10,13-14,23-25,35,37-40H,3-6,11-12,15-22,27-30H2,1-2H3,(H,51,55)(H,52,58)/t35-,37-,38+,39-,40-/m0/s1. The fourth-order valence-corrected chi connectivity index (χ4v) is 11.6. The first kappa shape index (κ1) is 54.8. The third-order valence-corrected chi connectivity index (χ3v) is 15.9. The third kappa shape index (κ3) is 14.1. The Hall–Kier alpha value is -4.56. The molecule has 3 aromatic rings. The van der Waals surface area contributed by atoms with E-state index in [1.54, 1.807) is 21.9 Å². The van der Waals surface area contributed by atoms with Gasteiger partial charge in [-0.2, -0.15) is 14.0 Å². The van der Waals surface area contributed by atoms with Gasteiger partial charge in [0, 0.05) is 74.2 Å². The summed E-state index contributed by atoms with van der Waals surface area (Å²) >= 11 is 1.47. The maximum absolute atomic E-state index is 16.6. The van der Waals surface area contributed by atoms with Crippen LogP contribution in [0.4, 0.5) is 8.78 Å². The highest BCUT2D eigenvalue weighted by Gasteiger charge is 2.55. The molecule has 3 aliphatic rings. The smallest absolute Gasteiger partial charge is 0.382 e. The monoisotopic (exact) mass is 1030 g/mol. The van der Waals surface area contributed by atoms with Crippen molar-refractivity contribution >= 4 is 69.8 Å². The summed E-state index contributed by atoms with van der Waals surface area (Å²) in [6.45, 7) is -0.425. The van der Waals surface area contributed by atoms with Crippen LogP contribution in [0.5, 0.6) is 0 Å². The second kappa shape index (κ2) is 26.2. The molecule has 2 N–H and O–H groups in total. The first-order chi connectivity index (χ1) is 33.7. The Morgan fingerprint density at radius 1 is 0.829 bits per heavy atom. The molecule has 3 fully saturated rings. The van der Waals surface area contributed by atoms with E-state index >= 15 is 8.78 Å². The van der Waals surface area contributed by atoms with Gasteiger partial charge >= 0.3 is 13.3 Å². The molecule has 3 saturated heterocycles. The van der Waals surface area contributed by atoms with Gasteiger partial charge in [-0.3, -0.25) is 33.3 Å². The number of likely N-dealkylation sites (tertiary alicyclic amines) is 1. The van der Waals surface area contributed by atoms with Crippen molar-refractivity contribution in [1.29, 1.82) is 5.26 Å². The summed E-state index contributed by atoms with van der Waals surface area (Å²) in [6.07, 6.45) is 4.86. The normalized spacial score (nSPS) is 20.7. The number of aromatic amines is 1. The van der Waals surface area contributed by atoms with Gasteiger partial charge in [0.05, 0.1) is 51.6 Å². The van der Waals surface area contributed by atoms with Crippen LogP contribution in [0.2, 0.25) is 0 Å². The number of carbonyl (C=O) groups excluding carboxylic acids is 5. The van der Waals surface area contributed by atoms with Crippen molar-refractivity contribution in [2.24, 2.45) is 5.92 Å². The van der Waals surface area contributed by atoms with Gasteiger partial charge in [-0.1, -0.05) is 54.6 Å². The fourth-order valence-electron chi connectivity index (χ4n) is 8.74. The highest BCUT2D eigenvalue weighted by Crippen LogP contribution is 2.67. The molecule has 2 aromatic carbocycles. The fraction of sp³-hybridized carbons (Fsp3) is 0.553. The minimum Gasteiger partial charge on any atom is -0.382 e. The quantitative estimate of drug-likeness (QED) is 0.0839. The van der Waals surface area contributed by atoms with Gasteiger partial charge < -0.3 is 48.1 Å². The van der Waals surface area contributed by atoms with E-state index in [9.17, 15) is 38.6 Å². The summed E-state index contributed by atoms with van der Waals surface area (Å²) in [4.78, 5) is 84.9. The first-order valence-electron chi connectivity index (χ1n) is 23.0. The predicted molar refractivity (Wildman–Crippen MR) is 257 cm³/mol. The van der Waals surface area contributed by atoms with E-state index in [1.165, 1.54) is 44.7 Å². The van der Waals surface area contributed by atoms with E-state index in [-0.39, 0.29) is 98.6 Å². The number of rotatable bonds is 24. The number of nitrogens with one attached hydrogen (secondary N) is 2. The third-order valence-electron chi connectivity index (χ3n) is 12.3.